The summed E-state index contributed by atoms with van der Waals surface area (Å²) < 4.78 is 72.3. The van der Waals surface area contributed by atoms with Crippen molar-refractivity contribution in [2.75, 3.05) is 12.3 Å². The first-order valence-electron chi connectivity index (χ1n) is 10.1. The maximum Gasteiger partial charge on any atom is 0.418 e. The Morgan fingerprint density at radius 2 is 1.76 bits per heavy atom. The molecule has 2 N–H and O–H groups in total. The van der Waals surface area contributed by atoms with Crippen LogP contribution in [-0.2, 0) is 17.5 Å². The van der Waals surface area contributed by atoms with Crippen molar-refractivity contribution in [1.29, 1.82) is 0 Å². The van der Waals surface area contributed by atoms with Crippen molar-refractivity contribution in [3.05, 3.63) is 65.6 Å². The van der Waals surface area contributed by atoms with Gasteiger partial charge in [-0.25, -0.2) is 23.7 Å². The number of benzene rings is 1. The molecular formula is C23H18F5N5O. The SMILES string of the molecule is CCOCc1nc(N)c2c(-c3ccc(C(F)F)cc3)cc(-c3ncccc3C(F)(F)F)nc2n1. The fourth-order valence-corrected chi connectivity index (χ4v) is 3.46. The average molecular weight is 475 g/mol. The minimum absolute atomic E-state index is 0.0261. The second-order valence-electron chi connectivity index (χ2n) is 7.24. The fourth-order valence-electron chi connectivity index (χ4n) is 3.46. The maximum absolute atomic E-state index is 13.7. The second kappa shape index (κ2) is 9.26. The highest BCUT2D eigenvalue weighted by atomic mass is 19.4. The zero-order valence-electron chi connectivity index (χ0n) is 17.8. The number of pyridine rings is 2. The monoisotopic (exact) mass is 475 g/mol. The molecule has 4 aromatic rings. The first-order chi connectivity index (χ1) is 16.2. The van der Waals surface area contributed by atoms with Gasteiger partial charge in [0.2, 0.25) is 0 Å². The number of fused-ring (bicyclic) bond motifs is 1. The van der Waals surface area contributed by atoms with E-state index in [1.807, 2.05) is 0 Å². The van der Waals surface area contributed by atoms with Crippen molar-refractivity contribution in [3.8, 4) is 22.5 Å². The third-order valence-corrected chi connectivity index (χ3v) is 5.01. The molecule has 0 fully saturated rings. The zero-order chi connectivity index (χ0) is 24.5. The molecule has 0 saturated heterocycles. The van der Waals surface area contributed by atoms with Gasteiger partial charge in [0, 0.05) is 18.4 Å². The van der Waals surface area contributed by atoms with Gasteiger partial charge < -0.3 is 10.5 Å². The summed E-state index contributed by atoms with van der Waals surface area (Å²) in [7, 11) is 0. The third-order valence-electron chi connectivity index (χ3n) is 5.01. The van der Waals surface area contributed by atoms with Crippen molar-refractivity contribution >= 4 is 16.9 Å². The summed E-state index contributed by atoms with van der Waals surface area (Å²) in [4.78, 5) is 16.8. The summed E-state index contributed by atoms with van der Waals surface area (Å²) in [5, 5.41) is 0.276. The molecule has 0 atom stereocenters. The number of alkyl halides is 5. The van der Waals surface area contributed by atoms with Crippen molar-refractivity contribution in [1.82, 2.24) is 19.9 Å². The van der Waals surface area contributed by atoms with E-state index in [0.29, 0.717) is 17.7 Å². The van der Waals surface area contributed by atoms with Crippen LogP contribution < -0.4 is 5.73 Å². The van der Waals surface area contributed by atoms with Crippen LogP contribution in [0.4, 0.5) is 27.8 Å². The highest BCUT2D eigenvalue weighted by Crippen LogP contribution is 2.39. The van der Waals surface area contributed by atoms with Gasteiger partial charge in [-0.3, -0.25) is 4.98 Å². The lowest BCUT2D eigenvalue weighted by atomic mass is 9.99. The molecule has 1 aromatic carbocycles. The summed E-state index contributed by atoms with van der Waals surface area (Å²) in [6.45, 7) is 2.19. The number of hydrogen-bond donors (Lipinski definition) is 1. The molecule has 0 saturated carbocycles. The number of nitrogens with zero attached hydrogens (tertiary/aromatic N) is 4. The molecule has 4 rings (SSSR count). The fraction of sp³-hybridized carbons (Fsp3) is 0.217. The van der Waals surface area contributed by atoms with E-state index in [-0.39, 0.29) is 40.5 Å². The van der Waals surface area contributed by atoms with Crippen molar-refractivity contribution in [3.63, 3.8) is 0 Å². The van der Waals surface area contributed by atoms with Crippen LogP contribution >= 0.6 is 0 Å². The molecule has 0 amide bonds. The number of rotatable bonds is 6. The lowest BCUT2D eigenvalue weighted by Crippen LogP contribution is -2.10. The third kappa shape index (κ3) is 4.65. The smallest absolute Gasteiger partial charge is 0.383 e. The van der Waals surface area contributed by atoms with Crippen LogP contribution in [0.3, 0.4) is 0 Å². The number of hydrogen-bond acceptors (Lipinski definition) is 6. The average Bonchev–Trinajstić information content (AvgIpc) is 2.81. The number of halogens is 5. The molecule has 34 heavy (non-hydrogen) atoms. The van der Waals surface area contributed by atoms with E-state index in [0.717, 1.165) is 6.07 Å². The Balaban J connectivity index is 2.00. The lowest BCUT2D eigenvalue weighted by Gasteiger charge is -2.15. The molecule has 0 aliphatic carbocycles. The van der Waals surface area contributed by atoms with Crippen LogP contribution in [0.25, 0.3) is 33.5 Å². The Morgan fingerprint density at radius 3 is 2.41 bits per heavy atom. The molecule has 0 radical (unpaired) electrons. The zero-order valence-corrected chi connectivity index (χ0v) is 17.8. The number of nitrogen functional groups attached to an aromatic ring is 1. The molecular weight excluding hydrogens is 457 g/mol. The molecule has 0 unspecified atom stereocenters. The van der Waals surface area contributed by atoms with Crippen LogP contribution in [0.2, 0.25) is 0 Å². The van der Waals surface area contributed by atoms with Crippen molar-refractivity contribution < 1.29 is 26.7 Å². The quantitative estimate of drug-likeness (QED) is 0.353. The van der Waals surface area contributed by atoms with E-state index >= 15 is 0 Å². The van der Waals surface area contributed by atoms with E-state index < -0.39 is 23.9 Å². The lowest BCUT2D eigenvalue weighted by molar-refractivity contribution is -0.137. The van der Waals surface area contributed by atoms with Gasteiger partial charge in [0.15, 0.2) is 11.5 Å². The molecule has 3 aromatic heterocycles. The highest BCUT2D eigenvalue weighted by molar-refractivity contribution is 6.01. The molecule has 6 nitrogen and oxygen atoms in total. The maximum atomic E-state index is 13.7. The van der Waals surface area contributed by atoms with Gasteiger partial charge in [-0.05, 0) is 36.2 Å². The number of nitrogens with two attached hydrogens (primary N) is 1. The number of anilines is 1. The first-order valence-corrected chi connectivity index (χ1v) is 10.1. The molecule has 11 heteroatoms. The molecule has 176 valence electrons. The van der Waals surface area contributed by atoms with E-state index in [4.69, 9.17) is 10.5 Å². The van der Waals surface area contributed by atoms with Crippen LogP contribution in [0, 0.1) is 0 Å². The first kappa shape index (κ1) is 23.4. The van der Waals surface area contributed by atoms with Crippen LogP contribution in [0.5, 0.6) is 0 Å². The molecule has 0 bridgehead atoms. The van der Waals surface area contributed by atoms with E-state index in [1.165, 1.54) is 42.6 Å². The molecule has 0 aliphatic heterocycles. The minimum Gasteiger partial charge on any atom is -0.383 e. The molecule has 0 aliphatic rings. The Hall–Kier alpha value is -3.73. The van der Waals surface area contributed by atoms with Crippen molar-refractivity contribution in [2.45, 2.75) is 26.1 Å². The minimum atomic E-state index is -4.68. The van der Waals surface area contributed by atoms with E-state index in [1.54, 1.807) is 6.92 Å². The van der Waals surface area contributed by atoms with Crippen LogP contribution in [-0.4, -0.2) is 26.5 Å². The van der Waals surface area contributed by atoms with Gasteiger partial charge in [-0.2, -0.15) is 13.2 Å². The molecule has 0 spiro atoms. The predicted octanol–water partition coefficient (Wildman–Crippen LogP) is 5.83. The van der Waals surface area contributed by atoms with Crippen LogP contribution in [0.15, 0.2) is 48.7 Å². The summed E-state index contributed by atoms with van der Waals surface area (Å²) in [6, 6.07) is 8.77. The van der Waals surface area contributed by atoms with Gasteiger partial charge in [-0.15, -0.1) is 0 Å². The summed E-state index contributed by atoms with van der Waals surface area (Å²) in [5.74, 6) is 0.233. The highest BCUT2D eigenvalue weighted by Gasteiger charge is 2.35. The van der Waals surface area contributed by atoms with Gasteiger partial charge >= 0.3 is 6.18 Å². The number of aromatic nitrogens is 4. The second-order valence-corrected chi connectivity index (χ2v) is 7.24. The largest absolute Gasteiger partial charge is 0.418 e. The summed E-state index contributed by atoms with van der Waals surface area (Å²) >= 11 is 0. The van der Waals surface area contributed by atoms with E-state index in [9.17, 15) is 22.0 Å². The number of ether oxygens (including phenoxy) is 1. The predicted molar refractivity (Wildman–Crippen MR) is 116 cm³/mol. The van der Waals surface area contributed by atoms with Gasteiger partial charge in [0.1, 0.15) is 18.1 Å². The normalized spacial score (nSPS) is 12.0. The Bertz CT molecular complexity index is 1330. The summed E-state index contributed by atoms with van der Waals surface area (Å²) in [6.07, 6.45) is -6.12. The van der Waals surface area contributed by atoms with Crippen molar-refractivity contribution in [2.24, 2.45) is 0 Å². The van der Waals surface area contributed by atoms with Gasteiger partial charge in [0.25, 0.3) is 6.43 Å². The van der Waals surface area contributed by atoms with E-state index in [2.05, 4.69) is 19.9 Å². The van der Waals surface area contributed by atoms with Crippen LogP contribution in [0.1, 0.15) is 30.3 Å². The Labute approximate surface area is 190 Å². The topological polar surface area (TPSA) is 86.8 Å². The Kier molecular flexibility index (Phi) is 6.38. The van der Waals surface area contributed by atoms with Gasteiger partial charge in [-0.1, -0.05) is 24.3 Å². The standard InChI is InChI=1S/C23H18F5N5O/c1-2-34-11-17-32-21(29)18-14(12-5-7-13(8-6-12)20(24)25)10-16(31-22(18)33-17)19-15(23(26,27)28)4-3-9-30-19/h3-10,20H,2,11H2,1H3,(H2,29,31,32,33). The van der Waals surface area contributed by atoms with Gasteiger partial charge in [0.05, 0.1) is 16.6 Å². The summed E-state index contributed by atoms with van der Waals surface area (Å²) in [5.41, 5.74) is 5.29. The Morgan fingerprint density at radius 1 is 1.03 bits per heavy atom. The molecule has 3 heterocycles.